The van der Waals surface area contributed by atoms with Crippen molar-refractivity contribution in [1.82, 2.24) is 0 Å². The third-order valence-corrected chi connectivity index (χ3v) is 7.23. The second kappa shape index (κ2) is 12.0. The first-order chi connectivity index (χ1) is 18.3. The Morgan fingerprint density at radius 3 is 2.05 bits per heavy atom. The molecule has 0 aromatic heterocycles. The molecule has 1 saturated heterocycles. The molecule has 6 nitrogen and oxygen atoms in total. The van der Waals surface area contributed by atoms with Crippen LogP contribution in [0.15, 0.2) is 78.9 Å². The number of ether oxygens (including phenoxy) is 4. The van der Waals surface area contributed by atoms with E-state index < -0.39 is 11.4 Å². The first-order valence-electron chi connectivity index (χ1n) is 12.9. The predicted molar refractivity (Wildman–Crippen MR) is 147 cm³/mol. The minimum absolute atomic E-state index is 0.110. The van der Waals surface area contributed by atoms with E-state index in [0.717, 1.165) is 34.6 Å². The molecule has 3 aromatic carbocycles. The van der Waals surface area contributed by atoms with E-state index in [4.69, 9.17) is 18.9 Å². The van der Waals surface area contributed by atoms with Gasteiger partial charge in [-0.05, 0) is 71.5 Å². The van der Waals surface area contributed by atoms with Gasteiger partial charge in [-0.25, -0.2) is 4.79 Å². The van der Waals surface area contributed by atoms with Crippen LogP contribution in [0.25, 0.3) is 17.2 Å². The monoisotopic (exact) mass is 514 g/mol. The first kappa shape index (κ1) is 27.0. The average Bonchev–Trinajstić information content (AvgIpc) is 3.28. The normalized spacial score (nSPS) is 19.0. The van der Waals surface area contributed by atoms with Gasteiger partial charge in [-0.1, -0.05) is 57.2 Å². The Labute approximate surface area is 224 Å². The van der Waals surface area contributed by atoms with Crippen LogP contribution < -0.4 is 14.2 Å². The van der Waals surface area contributed by atoms with Gasteiger partial charge in [0.15, 0.2) is 0 Å². The fraction of sp³-hybridized carbons (Fsp3) is 0.312. The molecule has 0 N–H and O–H groups in total. The average molecular weight is 515 g/mol. The lowest BCUT2D eigenvalue weighted by Gasteiger charge is -2.27. The molecule has 2 atom stereocenters. The summed E-state index contributed by atoms with van der Waals surface area (Å²) in [6.45, 7) is 6.53. The lowest BCUT2D eigenvalue weighted by Crippen LogP contribution is -2.31. The number of esters is 2. The van der Waals surface area contributed by atoms with Crippen LogP contribution in [0.3, 0.4) is 0 Å². The Kier molecular flexibility index (Phi) is 8.52. The topological polar surface area (TPSA) is 71.1 Å². The summed E-state index contributed by atoms with van der Waals surface area (Å²) in [4.78, 5) is 24.7. The van der Waals surface area contributed by atoms with E-state index >= 15 is 0 Å². The highest BCUT2D eigenvalue weighted by atomic mass is 16.6. The van der Waals surface area contributed by atoms with Gasteiger partial charge in [-0.15, -0.1) is 0 Å². The molecule has 3 aromatic rings. The lowest BCUT2D eigenvalue weighted by molar-refractivity contribution is -0.151. The highest BCUT2D eigenvalue weighted by Gasteiger charge is 2.49. The zero-order chi connectivity index (χ0) is 27.1. The molecule has 0 radical (unpaired) electrons. The number of hydrogen-bond acceptors (Lipinski definition) is 6. The van der Waals surface area contributed by atoms with E-state index in [-0.39, 0.29) is 18.0 Å². The van der Waals surface area contributed by atoms with Crippen molar-refractivity contribution in [1.29, 1.82) is 0 Å². The van der Waals surface area contributed by atoms with Crippen LogP contribution in [0.5, 0.6) is 17.2 Å². The summed E-state index contributed by atoms with van der Waals surface area (Å²) >= 11 is 0. The standard InChI is InChI=1S/C32H34O6/c1-5-32(22(2)3)20-29(38-31(32)34)21-36-27-15-9-24(10-16-27)25-11-17-28(18-12-25)37-30(33)19-8-23-6-13-26(35-4)14-7-23/h6-19,22,29H,5,20-21H2,1-4H3/b19-8+. The third kappa shape index (κ3) is 6.25. The first-order valence-corrected chi connectivity index (χ1v) is 12.9. The van der Waals surface area contributed by atoms with E-state index in [9.17, 15) is 9.59 Å². The Hall–Kier alpha value is -4.06. The van der Waals surface area contributed by atoms with Crippen molar-refractivity contribution in [2.45, 2.75) is 39.7 Å². The molecule has 0 aliphatic carbocycles. The van der Waals surface area contributed by atoms with Gasteiger partial charge in [0.25, 0.3) is 0 Å². The molecule has 0 amide bonds. The van der Waals surface area contributed by atoms with Gasteiger partial charge in [-0.3, -0.25) is 4.79 Å². The van der Waals surface area contributed by atoms with Crippen molar-refractivity contribution >= 4 is 18.0 Å². The van der Waals surface area contributed by atoms with Gasteiger partial charge >= 0.3 is 11.9 Å². The van der Waals surface area contributed by atoms with Crippen molar-refractivity contribution in [2.75, 3.05) is 13.7 Å². The second-order valence-electron chi connectivity index (χ2n) is 9.78. The van der Waals surface area contributed by atoms with Crippen molar-refractivity contribution in [2.24, 2.45) is 11.3 Å². The molecule has 2 unspecified atom stereocenters. The van der Waals surface area contributed by atoms with Gasteiger partial charge in [0.1, 0.15) is 30.0 Å². The smallest absolute Gasteiger partial charge is 0.336 e. The number of carbonyl (C=O) groups is 2. The van der Waals surface area contributed by atoms with Crippen molar-refractivity contribution in [3.8, 4) is 28.4 Å². The van der Waals surface area contributed by atoms with Gasteiger partial charge < -0.3 is 18.9 Å². The van der Waals surface area contributed by atoms with Crippen LogP contribution in [-0.4, -0.2) is 31.8 Å². The molecule has 1 heterocycles. The van der Waals surface area contributed by atoms with E-state index in [1.807, 2.05) is 67.6 Å². The van der Waals surface area contributed by atoms with Crippen LogP contribution in [0, 0.1) is 11.3 Å². The molecule has 198 valence electrons. The molecular weight excluding hydrogens is 480 g/mol. The number of rotatable bonds is 10. The van der Waals surface area contributed by atoms with Crippen LogP contribution in [-0.2, 0) is 14.3 Å². The van der Waals surface area contributed by atoms with Crippen LogP contribution >= 0.6 is 0 Å². The van der Waals surface area contributed by atoms with Gasteiger partial charge in [0, 0.05) is 12.5 Å². The third-order valence-electron chi connectivity index (χ3n) is 7.23. The zero-order valence-corrected chi connectivity index (χ0v) is 22.3. The number of cyclic esters (lactones) is 1. The molecular formula is C32H34O6. The molecule has 1 fully saturated rings. The summed E-state index contributed by atoms with van der Waals surface area (Å²) in [5, 5.41) is 0. The Morgan fingerprint density at radius 2 is 1.53 bits per heavy atom. The van der Waals surface area contributed by atoms with Crippen molar-refractivity contribution in [3.05, 3.63) is 84.4 Å². The summed E-state index contributed by atoms with van der Waals surface area (Å²) < 4.78 is 22.1. The second-order valence-corrected chi connectivity index (χ2v) is 9.78. The van der Waals surface area contributed by atoms with Gasteiger partial charge in [0.05, 0.1) is 12.5 Å². The minimum atomic E-state index is -0.451. The van der Waals surface area contributed by atoms with Crippen molar-refractivity contribution < 1.29 is 28.5 Å². The predicted octanol–water partition coefficient (Wildman–Crippen LogP) is 6.73. The molecule has 0 spiro atoms. The molecule has 0 saturated carbocycles. The van der Waals surface area contributed by atoms with E-state index in [2.05, 4.69) is 13.8 Å². The maximum absolute atomic E-state index is 12.5. The molecule has 4 rings (SSSR count). The number of benzene rings is 3. The molecule has 6 heteroatoms. The van der Waals surface area contributed by atoms with Crippen molar-refractivity contribution in [3.63, 3.8) is 0 Å². The number of methoxy groups -OCH3 is 1. The maximum atomic E-state index is 12.5. The Balaban J connectivity index is 1.29. The van der Waals surface area contributed by atoms with Gasteiger partial charge in [-0.2, -0.15) is 0 Å². The molecule has 1 aliphatic heterocycles. The summed E-state index contributed by atoms with van der Waals surface area (Å²) in [6.07, 6.45) is 4.32. The van der Waals surface area contributed by atoms with Crippen LogP contribution in [0.2, 0.25) is 0 Å². The number of hydrogen-bond donors (Lipinski definition) is 0. The highest BCUT2D eigenvalue weighted by molar-refractivity contribution is 5.88. The summed E-state index contributed by atoms with van der Waals surface area (Å²) in [5.41, 5.74) is 2.45. The fourth-order valence-electron chi connectivity index (χ4n) is 4.74. The van der Waals surface area contributed by atoms with E-state index in [1.165, 1.54) is 6.08 Å². The number of carbonyl (C=O) groups excluding carboxylic acids is 2. The zero-order valence-electron chi connectivity index (χ0n) is 22.3. The summed E-state index contributed by atoms with van der Waals surface area (Å²) in [6, 6.07) is 22.5. The molecule has 1 aliphatic rings. The van der Waals surface area contributed by atoms with Crippen LogP contribution in [0.1, 0.15) is 39.2 Å². The summed E-state index contributed by atoms with van der Waals surface area (Å²) in [5.74, 6) is 1.61. The Bertz CT molecular complexity index is 1260. The van der Waals surface area contributed by atoms with Crippen LogP contribution in [0.4, 0.5) is 0 Å². The SMILES string of the molecule is CCC1(C(C)C)CC(COc2ccc(-c3ccc(OC(=O)/C=C/c4ccc(OC)cc4)cc3)cc2)OC1=O. The Morgan fingerprint density at radius 1 is 0.947 bits per heavy atom. The lowest BCUT2D eigenvalue weighted by atomic mass is 9.73. The minimum Gasteiger partial charge on any atom is -0.497 e. The quantitative estimate of drug-likeness (QED) is 0.170. The largest absolute Gasteiger partial charge is 0.497 e. The molecule has 38 heavy (non-hydrogen) atoms. The highest BCUT2D eigenvalue weighted by Crippen LogP contribution is 2.43. The van der Waals surface area contributed by atoms with E-state index in [0.29, 0.717) is 18.8 Å². The maximum Gasteiger partial charge on any atom is 0.336 e. The molecule has 0 bridgehead atoms. The van der Waals surface area contributed by atoms with Gasteiger partial charge in [0.2, 0.25) is 0 Å². The van der Waals surface area contributed by atoms with E-state index in [1.54, 1.807) is 25.3 Å². The fourth-order valence-corrected chi connectivity index (χ4v) is 4.74. The summed E-state index contributed by atoms with van der Waals surface area (Å²) in [7, 11) is 1.61.